The van der Waals surface area contributed by atoms with E-state index in [0.717, 1.165) is 32.3 Å². The van der Waals surface area contributed by atoms with Crippen molar-refractivity contribution in [3.8, 4) is 0 Å². The first-order valence-electron chi connectivity index (χ1n) is 6.73. The molecule has 1 saturated heterocycles. The van der Waals surface area contributed by atoms with Gasteiger partial charge in [0.05, 0.1) is 26.4 Å². The number of hydrogen-bond donors (Lipinski definition) is 1. The van der Waals surface area contributed by atoms with E-state index in [4.69, 9.17) is 19.9 Å². The topological polar surface area (TPSA) is 70.8 Å². The van der Waals surface area contributed by atoms with Crippen molar-refractivity contribution in [1.29, 1.82) is 0 Å². The van der Waals surface area contributed by atoms with E-state index in [9.17, 15) is 4.79 Å². The van der Waals surface area contributed by atoms with Crippen molar-refractivity contribution in [2.45, 2.75) is 43.7 Å². The molecule has 0 aromatic rings. The number of carbonyl (C=O) groups excluding carboxylic acids is 1. The molecule has 2 atom stereocenters. The smallest absolute Gasteiger partial charge is 0.328 e. The lowest BCUT2D eigenvalue weighted by Gasteiger charge is -2.28. The van der Waals surface area contributed by atoms with Crippen LogP contribution in [0.2, 0.25) is 0 Å². The van der Waals surface area contributed by atoms with Gasteiger partial charge in [-0.1, -0.05) is 0 Å². The molecule has 0 aromatic carbocycles. The summed E-state index contributed by atoms with van der Waals surface area (Å²) in [4.78, 5) is 11.7. The molecule has 0 bridgehead atoms. The van der Waals surface area contributed by atoms with Crippen LogP contribution in [0.25, 0.3) is 0 Å². The summed E-state index contributed by atoms with van der Waals surface area (Å²) in [5, 5.41) is 0. The van der Waals surface area contributed by atoms with Crippen molar-refractivity contribution in [3.63, 3.8) is 0 Å². The van der Waals surface area contributed by atoms with Crippen LogP contribution in [0.3, 0.4) is 0 Å². The summed E-state index contributed by atoms with van der Waals surface area (Å²) in [5.74, 6) is -0.160. The summed E-state index contributed by atoms with van der Waals surface area (Å²) in [5.41, 5.74) is 5.16. The van der Waals surface area contributed by atoms with Gasteiger partial charge in [0, 0.05) is 6.61 Å². The Morgan fingerprint density at radius 3 is 2.72 bits per heavy atom. The molecule has 0 radical (unpaired) electrons. The van der Waals surface area contributed by atoms with E-state index in [1.54, 1.807) is 0 Å². The van der Waals surface area contributed by atoms with Crippen LogP contribution in [-0.4, -0.2) is 44.5 Å². The molecule has 18 heavy (non-hydrogen) atoms. The van der Waals surface area contributed by atoms with Crippen LogP contribution >= 0.6 is 0 Å². The molecule has 2 N–H and O–H groups in total. The monoisotopic (exact) mass is 257 g/mol. The Morgan fingerprint density at radius 2 is 2.17 bits per heavy atom. The summed E-state index contributed by atoms with van der Waals surface area (Å²) in [7, 11) is 1.37. The summed E-state index contributed by atoms with van der Waals surface area (Å²) in [6, 6.07) is 0. The Morgan fingerprint density at radius 1 is 1.39 bits per heavy atom. The Kier molecular flexibility index (Phi) is 4.59. The number of carbonyl (C=O) groups is 1. The summed E-state index contributed by atoms with van der Waals surface area (Å²) in [6.07, 6.45) is 5.45. The number of rotatable bonds is 6. The fraction of sp³-hybridized carbons (Fsp3) is 0.923. The van der Waals surface area contributed by atoms with Crippen molar-refractivity contribution < 1.29 is 19.0 Å². The minimum absolute atomic E-state index is 0.153. The highest BCUT2D eigenvalue weighted by molar-refractivity contribution is 5.81. The molecule has 104 valence electrons. The third-order valence-corrected chi connectivity index (χ3v) is 3.79. The minimum atomic E-state index is -0.969. The number of hydrogen-bond acceptors (Lipinski definition) is 5. The van der Waals surface area contributed by atoms with E-state index >= 15 is 0 Å². The maximum Gasteiger partial charge on any atom is 0.328 e. The van der Waals surface area contributed by atoms with Crippen LogP contribution in [0.15, 0.2) is 0 Å². The van der Waals surface area contributed by atoms with Gasteiger partial charge in [0.1, 0.15) is 5.54 Å². The quantitative estimate of drug-likeness (QED) is 0.714. The molecule has 1 heterocycles. The number of esters is 1. The van der Waals surface area contributed by atoms with Gasteiger partial charge in [0.25, 0.3) is 0 Å². The third kappa shape index (κ3) is 3.22. The zero-order chi connectivity index (χ0) is 13.0. The van der Waals surface area contributed by atoms with Crippen LogP contribution < -0.4 is 5.73 Å². The standard InChI is InChI=1S/C13H23NO4/c1-16-12(15)13(14,10-5-6-10)9-17-8-11-4-2-3-7-18-11/h10-11H,2-9,14H2,1H3. The molecule has 1 aliphatic heterocycles. The normalized spacial score (nSPS) is 27.6. The minimum Gasteiger partial charge on any atom is -0.468 e. The third-order valence-electron chi connectivity index (χ3n) is 3.79. The second-order valence-corrected chi connectivity index (χ2v) is 5.31. The molecule has 2 rings (SSSR count). The van der Waals surface area contributed by atoms with Gasteiger partial charge in [-0.15, -0.1) is 0 Å². The lowest BCUT2D eigenvalue weighted by molar-refractivity contribution is -0.151. The predicted molar refractivity (Wildman–Crippen MR) is 66.1 cm³/mol. The van der Waals surface area contributed by atoms with Gasteiger partial charge in [-0.3, -0.25) is 0 Å². The van der Waals surface area contributed by atoms with Gasteiger partial charge in [-0.05, 0) is 38.0 Å². The van der Waals surface area contributed by atoms with Gasteiger partial charge in [0.2, 0.25) is 0 Å². The fourth-order valence-electron chi connectivity index (χ4n) is 2.43. The van der Waals surface area contributed by atoms with Crippen LogP contribution in [0.4, 0.5) is 0 Å². The van der Waals surface area contributed by atoms with Gasteiger partial charge < -0.3 is 19.9 Å². The van der Waals surface area contributed by atoms with E-state index < -0.39 is 5.54 Å². The average Bonchev–Trinajstić information content (AvgIpc) is 3.23. The lowest BCUT2D eigenvalue weighted by Crippen LogP contribution is -2.55. The van der Waals surface area contributed by atoms with Crippen molar-refractivity contribution in [3.05, 3.63) is 0 Å². The van der Waals surface area contributed by atoms with Crippen molar-refractivity contribution >= 4 is 5.97 Å². The number of ether oxygens (including phenoxy) is 3. The first kappa shape index (κ1) is 13.8. The van der Waals surface area contributed by atoms with Crippen LogP contribution in [-0.2, 0) is 19.0 Å². The molecule has 0 amide bonds. The molecule has 2 unspecified atom stereocenters. The molecular weight excluding hydrogens is 234 g/mol. The average molecular weight is 257 g/mol. The maximum atomic E-state index is 11.7. The Labute approximate surface area is 108 Å². The highest BCUT2D eigenvalue weighted by atomic mass is 16.5. The van der Waals surface area contributed by atoms with E-state index in [2.05, 4.69) is 0 Å². The van der Waals surface area contributed by atoms with Crippen molar-refractivity contribution in [1.82, 2.24) is 0 Å². The van der Waals surface area contributed by atoms with Crippen LogP contribution in [0.1, 0.15) is 32.1 Å². The van der Waals surface area contributed by atoms with Crippen LogP contribution in [0, 0.1) is 5.92 Å². The Hall–Kier alpha value is -0.650. The molecular formula is C13H23NO4. The maximum absolute atomic E-state index is 11.7. The van der Waals surface area contributed by atoms with E-state index in [1.165, 1.54) is 13.5 Å². The highest BCUT2D eigenvalue weighted by Gasteiger charge is 2.49. The van der Waals surface area contributed by atoms with Crippen LogP contribution in [0.5, 0.6) is 0 Å². The van der Waals surface area contributed by atoms with E-state index in [-0.39, 0.29) is 24.6 Å². The van der Waals surface area contributed by atoms with Crippen molar-refractivity contribution in [2.75, 3.05) is 26.9 Å². The highest BCUT2D eigenvalue weighted by Crippen LogP contribution is 2.39. The van der Waals surface area contributed by atoms with Gasteiger partial charge in [0.15, 0.2) is 0 Å². The summed E-state index contributed by atoms with van der Waals surface area (Å²) in [6.45, 7) is 1.55. The predicted octanol–water partition coefficient (Wildman–Crippen LogP) is 0.853. The fourth-order valence-corrected chi connectivity index (χ4v) is 2.43. The molecule has 2 aliphatic rings. The number of nitrogens with two attached hydrogens (primary N) is 1. The molecule has 2 fully saturated rings. The zero-order valence-corrected chi connectivity index (χ0v) is 11.0. The molecule has 5 heteroatoms. The molecule has 1 saturated carbocycles. The summed E-state index contributed by atoms with van der Waals surface area (Å²) >= 11 is 0. The van der Waals surface area contributed by atoms with Gasteiger partial charge in [-0.2, -0.15) is 0 Å². The Balaban J connectivity index is 1.77. The zero-order valence-electron chi connectivity index (χ0n) is 11.0. The first-order valence-corrected chi connectivity index (χ1v) is 6.73. The second-order valence-electron chi connectivity index (χ2n) is 5.31. The first-order chi connectivity index (χ1) is 8.66. The molecule has 0 spiro atoms. The lowest BCUT2D eigenvalue weighted by atomic mass is 9.96. The second kappa shape index (κ2) is 5.99. The summed E-state index contributed by atoms with van der Waals surface area (Å²) < 4.78 is 16.0. The number of methoxy groups -OCH3 is 1. The molecule has 1 aliphatic carbocycles. The van der Waals surface area contributed by atoms with E-state index in [0.29, 0.717) is 6.61 Å². The van der Waals surface area contributed by atoms with Gasteiger partial charge >= 0.3 is 5.97 Å². The SMILES string of the molecule is COC(=O)C(N)(COCC1CCCCO1)C1CC1. The van der Waals surface area contributed by atoms with Crippen molar-refractivity contribution in [2.24, 2.45) is 11.7 Å². The van der Waals surface area contributed by atoms with E-state index in [1.807, 2.05) is 0 Å². The largest absolute Gasteiger partial charge is 0.468 e. The van der Waals surface area contributed by atoms with Gasteiger partial charge in [-0.25, -0.2) is 4.79 Å². The molecule has 5 nitrogen and oxygen atoms in total. The molecule has 0 aromatic heterocycles. The Bertz CT molecular complexity index is 287.